The summed E-state index contributed by atoms with van der Waals surface area (Å²) in [4.78, 5) is 21.2. The Balaban J connectivity index is 1.70. The predicted octanol–water partition coefficient (Wildman–Crippen LogP) is 3.90. The van der Waals surface area contributed by atoms with Gasteiger partial charge in [0.2, 0.25) is 0 Å². The summed E-state index contributed by atoms with van der Waals surface area (Å²) in [5, 5.41) is 4.81. The molecule has 1 amide bonds. The summed E-state index contributed by atoms with van der Waals surface area (Å²) < 4.78 is 0.922. The summed E-state index contributed by atoms with van der Waals surface area (Å²) in [5.41, 5.74) is 2.80. The quantitative estimate of drug-likeness (QED) is 0.754. The van der Waals surface area contributed by atoms with Crippen LogP contribution in [0.25, 0.3) is 11.3 Å². The van der Waals surface area contributed by atoms with Crippen molar-refractivity contribution >= 4 is 33.2 Å². The molecular formula is C16H12BrN3OS. The zero-order chi connectivity index (χ0) is 15.4. The number of rotatable bonds is 4. The molecule has 0 aliphatic heterocycles. The minimum Gasteiger partial charge on any atom is -0.347 e. The number of nitrogens with one attached hydrogen (secondary N) is 1. The van der Waals surface area contributed by atoms with Gasteiger partial charge in [-0.3, -0.25) is 14.8 Å². The van der Waals surface area contributed by atoms with Crippen LogP contribution in [-0.2, 0) is 6.54 Å². The second kappa shape index (κ2) is 6.81. The van der Waals surface area contributed by atoms with Crippen LogP contribution >= 0.6 is 27.3 Å². The molecule has 0 unspecified atom stereocenters. The van der Waals surface area contributed by atoms with Gasteiger partial charge in [-0.25, -0.2) is 0 Å². The maximum atomic E-state index is 12.0. The Morgan fingerprint density at radius 3 is 2.91 bits per heavy atom. The van der Waals surface area contributed by atoms with Gasteiger partial charge in [0.25, 0.3) is 5.91 Å². The van der Waals surface area contributed by atoms with E-state index >= 15 is 0 Å². The van der Waals surface area contributed by atoms with E-state index in [1.807, 2.05) is 35.7 Å². The van der Waals surface area contributed by atoms with Gasteiger partial charge in [0.15, 0.2) is 0 Å². The SMILES string of the molecule is O=C(NCc1ccnc(-c2cccnc2)c1)c1cc(Br)cs1. The van der Waals surface area contributed by atoms with Crippen molar-refractivity contribution in [2.45, 2.75) is 6.54 Å². The number of nitrogens with zero attached hydrogens (tertiary/aromatic N) is 2. The summed E-state index contributed by atoms with van der Waals surface area (Å²) in [6, 6.07) is 9.50. The minimum atomic E-state index is -0.0737. The Kier molecular flexibility index (Phi) is 4.60. The molecular weight excluding hydrogens is 362 g/mol. The second-order valence-electron chi connectivity index (χ2n) is 4.60. The van der Waals surface area contributed by atoms with Crippen molar-refractivity contribution in [1.29, 1.82) is 0 Å². The molecule has 0 spiro atoms. The largest absolute Gasteiger partial charge is 0.347 e. The molecule has 0 atom stereocenters. The molecule has 6 heteroatoms. The van der Waals surface area contributed by atoms with Crippen molar-refractivity contribution in [3.8, 4) is 11.3 Å². The summed E-state index contributed by atoms with van der Waals surface area (Å²) in [7, 11) is 0. The minimum absolute atomic E-state index is 0.0737. The first kappa shape index (κ1) is 14.9. The highest BCUT2D eigenvalue weighted by atomic mass is 79.9. The Morgan fingerprint density at radius 2 is 2.18 bits per heavy atom. The molecule has 0 saturated carbocycles. The van der Waals surface area contributed by atoms with Crippen LogP contribution in [0, 0.1) is 0 Å². The number of hydrogen-bond donors (Lipinski definition) is 1. The summed E-state index contributed by atoms with van der Waals surface area (Å²) >= 11 is 4.76. The molecule has 3 aromatic rings. The smallest absolute Gasteiger partial charge is 0.261 e. The van der Waals surface area contributed by atoms with Gasteiger partial charge in [-0.05, 0) is 51.8 Å². The number of carbonyl (C=O) groups excluding carboxylic acids is 1. The number of thiophene rings is 1. The zero-order valence-corrected chi connectivity index (χ0v) is 13.9. The fraction of sp³-hybridized carbons (Fsp3) is 0.0625. The molecule has 0 aliphatic rings. The van der Waals surface area contributed by atoms with E-state index in [9.17, 15) is 4.79 Å². The van der Waals surface area contributed by atoms with E-state index < -0.39 is 0 Å². The van der Waals surface area contributed by atoms with Crippen molar-refractivity contribution in [3.05, 3.63) is 69.2 Å². The molecule has 0 aliphatic carbocycles. The van der Waals surface area contributed by atoms with Gasteiger partial charge in [-0.1, -0.05) is 0 Å². The van der Waals surface area contributed by atoms with E-state index in [1.54, 1.807) is 18.6 Å². The van der Waals surface area contributed by atoms with Crippen LogP contribution in [0.3, 0.4) is 0 Å². The van der Waals surface area contributed by atoms with Crippen molar-refractivity contribution < 1.29 is 4.79 Å². The molecule has 0 fully saturated rings. The molecule has 3 aromatic heterocycles. The third-order valence-corrected chi connectivity index (χ3v) is 4.72. The van der Waals surface area contributed by atoms with Gasteiger partial charge in [-0.2, -0.15) is 0 Å². The van der Waals surface area contributed by atoms with Crippen LogP contribution in [0.5, 0.6) is 0 Å². The van der Waals surface area contributed by atoms with Crippen molar-refractivity contribution in [1.82, 2.24) is 15.3 Å². The Bertz CT molecular complexity index is 789. The maximum absolute atomic E-state index is 12.0. The highest BCUT2D eigenvalue weighted by Gasteiger charge is 2.08. The standard InChI is InChI=1S/C16H12BrN3OS/c17-13-7-15(22-10-13)16(21)20-8-11-3-5-19-14(6-11)12-2-1-4-18-9-12/h1-7,9-10H,8H2,(H,20,21). The van der Waals surface area contributed by atoms with Crippen molar-refractivity contribution in [2.75, 3.05) is 0 Å². The molecule has 110 valence electrons. The molecule has 0 radical (unpaired) electrons. The topological polar surface area (TPSA) is 54.9 Å². The molecule has 3 rings (SSSR count). The first-order valence-corrected chi connectivity index (χ1v) is 8.27. The number of halogens is 1. The van der Waals surface area contributed by atoms with Gasteiger partial charge in [0.05, 0.1) is 10.6 Å². The molecule has 0 aromatic carbocycles. The maximum Gasteiger partial charge on any atom is 0.261 e. The second-order valence-corrected chi connectivity index (χ2v) is 6.43. The van der Waals surface area contributed by atoms with Crippen LogP contribution in [-0.4, -0.2) is 15.9 Å². The van der Waals surface area contributed by atoms with E-state index in [4.69, 9.17) is 0 Å². The van der Waals surface area contributed by atoms with Gasteiger partial charge < -0.3 is 5.32 Å². The van der Waals surface area contributed by atoms with Gasteiger partial charge in [0, 0.05) is 40.6 Å². The summed E-state index contributed by atoms with van der Waals surface area (Å²) in [5.74, 6) is -0.0737. The normalized spacial score (nSPS) is 10.4. The molecule has 0 saturated heterocycles. The van der Waals surface area contributed by atoms with E-state index in [2.05, 4.69) is 31.2 Å². The van der Waals surface area contributed by atoms with Crippen LogP contribution < -0.4 is 5.32 Å². The highest BCUT2D eigenvalue weighted by Crippen LogP contribution is 2.20. The van der Waals surface area contributed by atoms with Crippen molar-refractivity contribution in [2.24, 2.45) is 0 Å². The highest BCUT2D eigenvalue weighted by molar-refractivity contribution is 9.10. The van der Waals surface area contributed by atoms with E-state index in [-0.39, 0.29) is 5.91 Å². The predicted molar refractivity (Wildman–Crippen MR) is 90.7 cm³/mol. The lowest BCUT2D eigenvalue weighted by atomic mass is 10.1. The average molecular weight is 374 g/mol. The van der Waals surface area contributed by atoms with Crippen molar-refractivity contribution in [3.63, 3.8) is 0 Å². The van der Waals surface area contributed by atoms with E-state index in [0.717, 1.165) is 21.3 Å². The third kappa shape index (κ3) is 3.58. The fourth-order valence-electron chi connectivity index (χ4n) is 1.96. The van der Waals surface area contributed by atoms with Crippen LogP contribution in [0.15, 0.2) is 58.8 Å². The van der Waals surface area contributed by atoms with Gasteiger partial charge >= 0.3 is 0 Å². The number of hydrogen-bond acceptors (Lipinski definition) is 4. The number of pyridine rings is 2. The van der Waals surface area contributed by atoms with Gasteiger partial charge in [-0.15, -0.1) is 11.3 Å². The number of amides is 1. The summed E-state index contributed by atoms with van der Waals surface area (Å²) in [6.45, 7) is 0.462. The lowest BCUT2D eigenvalue weighted by molar-refractivity contribution is 0.0955. The van der Waals surface area contributed by atoms with E-state index in [0.29, 0.717) is 11.4 Å². The number of carbonyl (C=O) groups is 1. The number of aromatic nitrogens is 2. The molecule has 3 heterocycles. The molecule has 0 bridgehead atoms. The Labute approximate surface area is 140 Å². The fourth-order valence-corrected chi connectivity index (χ4v) is 3.30. The molecule has 4 nitrogen and oxygen atoms in total. The Morgan fingerprint density at radius 1 is 1.27 bits per heavy atom. The summed E-state index contributed by atoms with van der Waals surface area (Å²) in [6.07, 6.45) is 5.24. The van der Waals surface area contributed by atoms with Crippen LogP contribution in [0.4, 0.5) is 0 Å². The van der Waals surface area contributed by atoms with Crippen LogP contribution in [0.1, 0.15) is 15.2 Å². The first-order valence-electron chi connectivity index (χ1n) is 6.60. The average Bonchev–Trinajstić information content (AvgIpc) is 3.00. The monoisotopic (exact) mass is 373 g/mol. The third-order valence-electron chi connectivity index (χ3n) is 3.03. The Hall–Kier alpha value is -2.05. The molecule has 22 heavy (non-hydrogen) atoms. The van der Waals surface area contributed by atoms with Gasteiger partial charge in [0.1, 0.15) is 0 Å². The lowest BCUT2D eigenvalue weighted by Crippen LogP contribution is -2.21. The van der Waals surface area contributed by atoms with Crippen LogP contribution in [0.2, 0.25) is 0 Å². The van der Waals surface area contributed by atoms with E-state index in [1.165, 1.54) is 11.3 Å². The first-order chi connectivity index (χ1) is 10.7. The zero-order valence-electron chi connectivity index (χ0n) is 11.5. The molecule has 1 N–H and O–H groups in total. The lowest BCUT2D eigenvalue weighted by Gasteiger charge is -2.06.